The van der Waals surface area contributed by atoms with E-state index in [0.717, 1.165) is 22.6 Å². The first-order valence-corrected chi connectivity index (χ1v) is 27.0. The molecule has 0 aliphatic carbocycles. The van der Waals surface area contributed by atoms with Gasteiger partial charge in [0.2, 0.25) is 0 Å². The van der Waals surface area contributed by atoms with E-state index in [0.29, 0.717) is 0 Å². The standard InChI is InChI=1S/C44H32P2.C19H26N2O2.BF4.ClH.Ru/c1-5-19-35(20-6-1)45(36-21-7-2-8-22-36)41-31-29-33-17-13-15-27-39(33)43(41)44-40-28-16-14-18-34(40)30-32-42(44)46(37-23-9-3-10-24-37)38-25-11-4-12-26-38;1-13(2)18(20)19(21,14-5-9-16(22-3)10-6-14)15-7-11-17(23-4)12-8-15;2-1(3,4)5;;/h1-32H;5-13,18H,20-21H2,1-4H3;;1H;/q;;-1;;+2/p-1/t;18-;;;/m.0.../s1. The first kappa shape index (κ1) is 59.0. The van der Waals surface area contributed by atoms with E-state index in [9.17, 15) is 17.3 Å². The van der Waals surface area contributed by atoms with Crippen molar-refractivity contribution in [3.05, 3.63) is 254 Å². The van der Waals surface area contributed by atoms with Crippen LogP contribution in [0, 0.1) is 5.92 Å². The molecular formula is C63H58BClF4N2O2P2Ru. The van der Waals surface area contributed by atoms with E-state index in [2.05, 4.69) is 208 Å². The van der Waals surface area contributed by atoms with Crippen LogP contribution >= 0.6 is 15.8 Å². The van der Waals surface area contributed by atoms with Gasteiger partial charge in [-0.1, -0.05) is 232 Å². The van der Waals surface area contributed by atoms with Crippen LogP contribution in [0.4, 0.5) is 17.3 Å². The van der Waals surface area contributed by atoms with Crippen LogP contribution in [0.3, 0.4) is 0 Å². The van der Waals surface area contributed by atoms with Crippen molar-refractivity contribution in [2.24, 2.45) is 17.4 Å². The van der Waals surface area contributed by atoms with Gasteiger partial charge in [0.15, 0.2) is 0 Å². The predicted octanol–water partition coefficient (Wildman–Crippen LogP) is 10.4. The van der Waals surface area contributed by atoms with Gasteiger partial charge in [-0.3, -0.25) is 0 Å². The van der Waals surface area contributed by atoms with E-state index >= 15 is 0 Å². The minimum absolute atomic E-state index is 0. The Morgan fingerprint density at radius 2 is 0.697 bits per heavy atom. The summed E-state index contributed by atoms with van der Waals surface area (Å²) in [6.45, 7) is 4.17. The topological polar surface area (TPSA) is 70.5 Å². The average Bonchev–Trinajstić information content (AvgIpc) is 3.48. The van der Waals surface area contributed by atoms with Crippen molar-refractivity contribution in [1.29, 1.82) is 0 Å². The molecule has 0 saturated heterocycles. The minimum atomic E-state index is -6.00. The van der Waals surface area contributed by atoms with Gasteiger partial charge in [-0.05, 0) is 122 Å². The Hall–Kier alpha value is -6.20. The van der Waals surface area contributed by atoms with Crippen LogP contribution in [0.25, 0.3) is 32.7 Å². The second-order valence-corrected chi connectivity index (χ2v) is 22.3. The van der Waals surface area contributed by atoms with Gasteiger partial charge in [0, 0.05) is 6.04 Å². The summed E-state index contributed by atoms with van der Waals surface area (Å²) >= 11 is 0. The first-order valence-electron chi connectivity index (χ1n) is 24.3. The molecule has 1 atom stereocenters. The second-order valence-electron chi connectivity index (χ2n) is 18.0. The van der Waals surface area contributed by atoms with Gasteiger partial charge in [0.1, 0.15) is 11.5 Å². The molecule has 0 aromatic heterocycles. The van der Waals surface area contributed by atoms with Gasteiger partial charge in [-0.15, -0.1) is 0 Å². The Morgan fingerprint density at radius 3 is 0.974 bits per heavy atom. The van der Waals surface area contributed by atoms with E-state index in [1.165, 1.54) is 64.5 Å². The Morgan fingerprint density at radius 1 is 0.421 bits per heavy atom. The van der Waals surface area contributed by atoms with Gasteiger partial charge < -0.3 is 50.6 Å². The van der Waals surface area contributed by atoms with Crippen LogP contribution < -0.4 is 65.2 Å². The Bertz CT molecular complexity index is 3090. The summed E-state index contributed by atoms with van der Waals surface area (Å²) in [4.78, 5) is 0. The van der Waals surface area contributed by atoms with Crippen LogP contribution in [0.5, 0.6) is 11.5 Å². The molecule has 0 radical (unpaired) electrons. The quantitative estimate of drug-likeness (QED) is 0.0686. The third-order valence-electron chi connectivity index (χ3n) is 13.0. The number of rotatable bonds is 13. The molecule has 0 heterocycles. The van der Waals surface area contributed by atoms with Crippen LogP contribution in [0.2, 0.25) is 0 Å². The largest absolute Gasteiger partial charge is 2.00 e. The van der Waals surface area contributed by atoms with E-state index in [1.807, 2.05) is 48.5 Å². The molecule has 0 amide bonds. The number of fused-ring (bicyclic) bond motifs is 2. The molecule has 10 aromatic carbocycles. The van der Waals surface area contributed by atoms with Gasteiger partial charge in [-0.2, -0.15) is 0 Å². The van der Waals surface area contributed by atoms with Crippen molar-refractivity contribution in [2.75, 3.05) is 14.2 Å². The van der Waals surface area contributed by atoms with E-state index in [4.69, 9.17) is 20.9 Å². The maximum Gasteiger partial charge on any atom is 2.00 e. The molecule has 0 aliphatic rings. The third-order valence-corrected chi connectivity index (χ3v) is 17.9. The summed E-state index contributed by atoms with van der Waals surface area (Å²) < 4.78 is 49.5. The molecule has 0 spiro atoms. The molecule has 0 fully saturated rings. The second kappa shape index (κ2) is 27.2. The van der Waals surface area contributed by atoms with Crippen molar-refractivity contribution in [3.63, 3.8) is 0 Å². The summed E-state index contributed by atoms with van der Waals surface area (Å²) in [5.74, 6) is 1.82. The zero-order valence-electron chi connectivity index (χ0n) is 42.4. The molecule has 0 unspecified atom stereocenters. The van der Waals surface area contributed by atoms with Gasteiger partial charge in [0.25, 0.3) is 0 Å². The van der Waals surface area contributed by atoms with Crippen molar-refractivity contribution < 1.29 is 58.6 Å². The number of benzene rings is 10. The normalized spacial score (nSPS) is 11.6. The van der Waals surface area contributed by atoms with Gasteiger partial charge >= 0.3 is 26.7 Å². The van der Waals surface area contributed by atoms with E-state index < -0.39 is 28.6 Å². The molecule has 10 rings (SSSR count). The molecule has 4 nitrogen and oxygen atoms in total. The molecule has 10 aromatic rings. The maximum atomic E-state index is 9.75. The summed E-state index contributed by atoms with van der Waals surface area (Å²) in [6.07, 6.45) is 0. The van der Waals surface area contributed by atoms with Gasteiger partial charge in [0.05, 0.1) is 19.8 Å². The molecule has 4 N–H and O–H groups in total. The molecule has 76 heavy (non-hydrogen) atoms. The zero-order chi connectivity index (χ0) is 52.2. The average molecular weight is 1160 g/mol. The fourth-order valence-corrected chi connectivity index (χ4v) is 14.3. The van der Waals surface area contributed by atoms with Crippen LogP contribution in [-0.4, -0.2) is 27.5 Å². The third kappa shape index (κ3) is 13.8. The Labute approximate surface area is 465 Å². The number of halogens is 5. The predicted molar refractivity (Wildman–Crippen MR) is 308 cm³/mol. The van der Waals surface area contributed by atoms with E-state index in [-0.39, 0.29) is 43.8 Å². The molecule has 0 aliphatic heterocycles. The van der Waals surface area contributed by atoms with Gasteiger partial charge in [-0.25, -0.2) is 0 Å². The number of methoxy groups -OCH3 is 2. The Balaban J connectivity index is 0.000000263. The summed E-state index contributed by atoms with van der Waals surface area (Å²) in [6, 6.07) is 87.1. The molecule has 388 valence electrons. The maximum absolute atomic E-state index is 9.75. The van der Waals surface area contributed by atoms with Crippen molar-refractivity contribution in [1.82, 2.24) is 0 Å². The smallest absolute Gasteiger partial charge is 1.00 e. The monoisotopic (exact) mass is 1160 g/mol. The van der Waals surface area contributed by atoms with Crippen molar-refractivity contribution in [2.45, 2.75) is 25.4 Å². The van der Waals surface area contributed by atoms with Crippen molar-refractivity contribution in [3.8, 4) is 22.6 Å². The number of hydrogen-bond acceptors (Lipinski definition) is 4. The molecular weight excluding hydrogens is 1100 g/mol. The van der Waals surface area contributed by atoms with Crippen molar-refractivity contribution >= 4 is 76.5 Å². The molecule has 13 heteroatoms. The number of nitrogens with two attached hydrogens (primary N) is 2. The first-order chi connectivity index (χ1) is 35.8. The SMILES string of the molecule is COc1ccc(C(N)(c2ccc(OC)cc2)[C@@H](N)C(C)C)cc1.F[B-](F)(F)F.[Cl-].[Ru+2].c1ccc(P(c2ccccc2)c2ccc3ccccc3c2-c2c(P(c3ccccc3)c3ccccc3)ccc3ccccc23)cc1. The molecule has 0 bridgehead atoms. The molecule has 0 saturated carbocycles. The summed E-state index contributed by atoms with van der Waals surface area (Å²) in [7, 11) is -4.41. The summed E-state index contributed by atoms with van der Waals surface area (Å²) in [5, 5.41) is 13.3. The number of ether oxygens (including phenoxy) is 2. The fraction of sp³-hybridized carbons (Fsp3) is 0.111. The summed E-state index contributed by atoms with van der Waals surface area (Å²) in [5.41, 5.74) is 17.2. The Kier molecular flexibility index (Phi) is 21.1. The number of hydrogen-bond donors (Lipinski definition) is 2. The minimum Gasteiger partial charge on any atom is -1.00 e. The van der Waals surface area contributed by atoms with Crippen LogP contribution in [0.1, 0.15) is 25.0 Å². The van der Waals surface area contributed by atoms with E-state index in [1.54, 1.807) is 14.2 Å². The fourth-order valence-electron chi connectivity index (χ4n) is 9.39. The zero-order valence-corrected chi connectivity index (χ0v) is 46.7. The van der Waals surface area contributed by atoms with Crippen LogP contribution in [0.15, 0.2) is 243 Å². The van der Waals surface area contributed by atoms with Crippen LogP contribution in [-0.2, 0) is 25.0 Å².